The number of hydrogen-bond donors (Lipinski definition) is 1. The molecule has 0 bridgehead atoms. The van der Waals surface area contributed by atoms with Crippen LogP contribution in [0.25, 0.3) is 0 Å². The minimum Gasteiger partial charge on any atom is -0.506 e. The molecule has 0 aliphatic rings. The van der Waals surface area contributed by atoms with E-state index < -0.39 is 0 Å². The number of rotatable bonds is 9. The lowest BCUT2D eigenvalue weighted by Gasteiger charge is -2.04. The molecule has 18 heavy (non-hydrogen) atoms. The van der Waals surface area contributed by atoms with Gasteiger partial charge in [-0.2, -0.15) is 0 Å². The van der Waals surface area contributed by atoms with Crippen LogP contribution in [0.2, 0.25) is 5.02 Å². The van der Waals surface area contributed by atoms with Crippen molar-refractivity contribution in [1.82, 2.24) is 0 Å². The number of halogens is 1. The lowest BCUT2D eigenvalue weighted by atomic mass is 10.0. The molecule has 0 aromatic heterocycles. The molecule has 102 valence electrons. The first kappa shape index (κ1) is 15.4. The fourth-order valence-electron chi connectivity index (χ4n) is 2.17. The van der Waals surface area contributed by atoms with Crippen LogP contribution in [-0.2, 0) is 6.42 Å². The third-order valence-electron chi connectivity index (χ3n) is 3.33. The zero-order valence-electron chi connectivity index (χ0n) is 11.4. The van der Waals surface area contributed by atoms with Crippen LogP contribution in [-0.4, -0.2) is 5.11 Å². The molecule has 1 N–H and O–H groups in total. The van der Waals surface area contributed by atoms with E-state index in [0.717, 1.165) is 6.42 Å². The number of hydrogen-bond acceptors (Lipinski definition) is 1. The average molecular weight is 269 g/mol. The molecule has 0 aliphatic carbocycles. The van der Waals surface area contributed by atoms with Crippen LogP contribution >= 0.6 is 11.6 Å². The Bertz CT molecular complexity index is 336. The van der Waals surface area contributed by atoms with E-state index in [-0.39, 0.29) is 5.75 Å². The zero-order chi connectivity index (χ0) is 13.2. The van der Waals surface area contributed by atoms with E-state index in [4.69, 9.17) is 11.6 Å². The summed E-state index contributed by atoms with van der Waals surface area (Å²) >= 11 is 5.87. The summed E-state index contributed by atoms with van der Waals surface area (Å²) in [4.78, 5) is 0. The third kappa shape index (κ3) is 6.30. The van der Waals surface area contributed by atoms with E-state index in [1.165, 1.54) is 56.9 Å². The summed E-state index contributed by atoms with van der Waals surface area (Å²) in [7, 11) is 0. The van der Waals surface area contributed by atoms with Gasteiger partial charge in [0.1, 0.15) is 5.75 Å². The molecule has 0 saturated heterocycles. The van der Waals surface area contributed by atoms with Gasteiger partial charge in [-0.05, 0) is 30.5 Å². The lowest BCUT2D eigenvalue weighted by molar-refractivity contribution is 0.475. The average Bonchev–Trinajstić information content (AvgIpc) is 2.37. The Labute approximate surface area is 116 Å². The molecule has 0 aliphatic heterocycles. The van der Waals surface area contributed by atoms with Gasteiger partial charge in [0.15, 0.2) is 0 Å². The smallest absolute Gasteiger partial charge is 0.134 e. The molecule has 0 radical (unpaired) electrons. The minimum atomic E-state index is 0.177. The molecule has 0 fully saturated rings. The SMILES string of the molecule is CCCCCCCCCCc1ccc(O)c(Cl)c1. The molecule has 1 rings (SSSR count). The molecule has 2 heteroatoms. The Morgan fingerprint density at radius 1 is 0.944 bits per heavy atom. The van der Waals surface area contributed by atoms with Crippen molar-refractivity contribution in [1.29, 1.82) is 0 Å². The van der Waals surface area contributed by atoms with Gasteiger partial charge < -0.3 is 5.11 Å². The maximum Gasteiger partial charge on any atom is 0.134 e. The summed E-state index contributed by atoms with van der Waals surface area (Å²) < 4.78 is 0. The van der Waals surface area contributed by atoms with Gasteiger partial charge in [0, 0.05) is 0 Å². The second-order valence-corrected chi connectivity index (χ2v) is 5.42. The zero-order valence-corrected chi connectivity index (χ0v) is 12.2. The predicted octanol–water partition coefficient (Wildman–Crippen LogP) is 5.73. The molecule has 0 unspecified atom stereocenters. The molecule has 0 spiro atoms. The Morgan fingerprint density at radius 2 is 1.56 bits per heavy atom. The van der Waals surface area contributed by atoms with Gasteiger partial charge >= 0.3 is 0 Å². The van der Waals surface area contributed by atoms with Crippen molar-refractivity contribution < 1.29 is 5.11 Å². The van der Waals surface area contributed by atoms with E-state index in [2.05, 4.69) is 6.92 Å². The van der Waals surface area contributed by atoms with Crippen LogP contribution in [0.5, 0.6) is 5.75 Å². The van der Waals surface area contributed by atoms with Crippen molar-refractivity contribution in [2.45, 2.75) is 64.7 Å². The standard InChI is InChI=1S/C16H25ClO/c1-2-3-4-5-6-7-8-9-10-14-11-12-16(18)15(17)13-14/h11-13,18H,2-10H2,1H3. The third-order valence-corrected chi connectivity index (χ3v) is 3.63. The van der Waals surface area contributed by atoms with Crippen LogP contribution in [0.3, 0.4) is 0 Å². The number of aromatic hydroxyl groups is 1. The lowest BCUT2D eigenvalue weighted by Crippen LogP contribution is -1.86. The van der Waals surface area contributed by atoms with Crippen molar-refractivity contribution >= 4 is 11.6 Å². The molecule has 1 aromatic carbocycles. The first-order valence-corrected chi connectivity index (χ1v) is 7.59. The Kier molecular flexibility index (Phi) is 7.91. The van der Waals surface area contributed by atoms with Crippen molar-refractivity contribution in [2.75, 3.05) is 0 Å². The number of benzene rings is 1. The molecule has 0 atom stereocenters. The highest BCUT2D eigenvalue weighted by atomic mass is 35.5. The number of unbranched alkanes of at least 4 members (excludes halogenated alkanes) is 7. The summed E-state index contributed by atoms with van der Waals surface area (Å²) in [6.45, 7) is 2.25. The largest absolute Gasteiger partial charge is 0.506 e. The van der Waals surface area contributed by atoms with Gasteiger partial charge in [-0.25, -0.2) is 0 Å². The van der Waals surface area contributed by atoms with E-state index in [0.29, 0.717) is 5.02 Å². The maximum absolute atomic E-state index is 9.32. The second-order valence-electron chi connectivity index (χ2n) is 5.01. The molecule has 1 nitrogen and oxygen atoms in total. The Balaban J connectivity index is 2.05. The fraction of sp³-hybridized carbons (Fsp3) is 0.625. The van der Waals surface area contributed by atoms with Gasteiger partial charge in [0.2, 0.25) is 0 Å². The summed E-state index contributed by atoms with van der Waals surface area (Å²) in [5.74, 6) is 0.177. The van der Waals surface area contributed by atoms with Gasteiger partial charge in [-0.1, -0.05) is 69.5 Å². The van der Waals surface area contributed by atoms with Crippen LogP contribution in [0.4, 0.5) is 0 Å². The van der Waals surface area contributed by atoms with Crippen molar-refractivity contribution in [2.24, 2.45) is 0 Å². The first-order valence-electron chi connectivity index (χ1n) is 7.21. The van der Waals surface area contributed by atoms with Crippen molar-refractivity contribution in [3.63, 3.8) is 0 Å². The van der Waals surface area contributed by atoms with E-state index in [1.807, 2.05) is 12.1 Å². The van der Waals surface area contributed by atoms with Crippen LogP contribution in [0, 0.1) is 0 Å². The minimum absolute atomic E-state index is 0.177. The summed E-state index contributed by atoms with van der Waals surface area (Å²) in [5.41, 5.74) is 1.23. The number of aryl methyl sites for hydroxylation is 1. The monoisotopic (exact) mass is 268 g/mol. The molecular formula is C16H25ClO. The normalized spacial score (nSPS) is 10.8. The van der Waals surface area contributed by atoms with Crippen molar-refractivity contribution in [3.05, 3.63) is 28.8 Å². The molecule has 1 aromatic rings. The van der Waals surface area contributed by atoms with Crippen LogP contribution < -0.4 is 0 Å². The maximum atomic E-state index is 9.32. The molecule has 0 saturated carbocycles. The Hall–Kier alpha value is -0.690. The number of phenolic OH excluding ortho intramolecular Hbond substituents is 1. The van der Waals surface area contributed by atoms with Crippen LogP contribution in [0.15, 0.2) is 18.2 Å². The molecule has 0 amide bonds. The van der Waals surface area contributed by atoms with E-state index in [1.54, 1.807) is 6.07 Å². The van der Waals surface area contributed by atoms with Crippen LogP contribution in [0.1, 0.15) is 63.9 Å². The fourth-order valence-corrected chi connectivity index (χ4v) is 2.37. The highest BCUT2D eigenvalue weighted by molar-refractivity contribution is 6.32. The summed E-state index contributed by atoms with van der Waals surface area (Å²) in [6, 6.07) is 5.52. The van der Waals surface area contributed by atoms with Gasteiger partial charge in [0.05, 0.1) is 5.02 Å². The highest BCUT2D eigenvalue weighted by Gasteiger charge is 2.00. The topological polar surface area (TPSA) is 20.2 Å². The second kappa shape index (κ2) is 9.27. The van der Waals surface area contributed by atoms with Crippen molar-refractivity contribution in [3.8, 4) is 5.75 Å². The van der Waals surface area contributed by atoms with E-state index in [9.17, 15) is 5.11 Å². The highest BCUT2D eigenvalue weighted by Crippen LogP contribution is 2.24. The van der Waals surface area contributed by atoms with Gasteiger partial charge in [-0.15, -0.1) is 0 Å². The summed E-state index contributed by atoms with van der Waals surface area (Å²) in [5, 5.41) is 9.79. The van der Waals surface area contributed by atoms with E-state index >= 15 is 0 Å². The molecular weight excluding hydrogens is 244 g/mol. The molecule has 0 heterocycles. The van der Waals surface area contributed by atoms with Gasteiger partial charge in [0.25, 0.3) is 0 Å². The predicted molar refractivity (Wildman–Crippen MR) is 79.4 cm³/mol. The summed E-state index contributed by atoms with van der Waals surface area (Å²) in [6.07, 6.45) is 11.8. The Morgan fingerprint density at radius 3 is 2.17 bits per heavy atom. The quantitative estimate of drug-likeness (QED) is 0.567. The number of phenols is 1. The first-order chi connectivity index (χ1) is 8.74. The van der Waals surface area contributed by atoms with Gasteiger partial charge in [-0.3, -0.25) is 0 Å².